The lowest BCUT2D eigenvalue weighted by Gasteiger charge is -2.33. The molecule has 0 aromatic heterocycles. The van der Waals surface area contributed by atoms with Gasteiger partial charge in [0.2, 0.25) is 0 Å². The molecule has 1 aliphatic carbocycles. The van der Waals surface area contributed by atoms with Crippen molar-refractivity contribution < 1.29 is 0 Å². The van der Waals surface area contributed by atoms with Gasteiger partial charge in [0, 0.05) is 10.5 Å². The second-order valence-electron chi connectivity index (χ2n) is 5.39. The van der Waals surface area contributed by atoms with Crippen LogP contribution in [0.2, 0.25) is 0 Å². The summed E-state index contributed by atoms with van der Waals surface area (Å²) in [5.41, 5.74) is 4.33. The van der Waals surface area contributed by atoms with Gasteiger partial charge in [-0.2, -0.15) is 0 Å². The molecular formula is C15H23BrN2. The smallest absolute Gasteiger partial charge is 0.0488 e. The molecule has 3 N–H and O–H groups in total. The Kier molecular flexibility index (Phi) is 5.22. The summed E-state index contributed by atoms with van der Waals surface area (Å²) in [7, 11) is 0. The fraction of sp³-hybridized carbons (Fsp3) is 0.600. The molecule has 1 unspecified atom stereocenters. The van der Waals surface area contributed by atoms with E-state index in [9.17, 15) is 0 Å². The number of hydrogen-bond donors (Lipinski definition) is 2. The van der Waals surface area contributed by atoms with Crippen molar-refractivity contribution in [3.63, 3.8) is 0 Å². The van der Waals surface area contributed by atoms with Crippen molar-refractivity contribution in [1.29, 1.82) is 0 Å². The zero-order valence-electron chi connectivity index (χ0n) is 11.0. The van der Waals surface area contributed by atoms with E-state index in [1.807, 2.05) is 0 Å². The van der Waals surface area contributed by atoms with E-state index in [4.69, 9.17) is 5.84 Å². The molecular weight excluding hydrogens is 288 g/mol. The van der Waals surface area contributed by atoms with E-state index in [1.165, 1.54) is 37.7 Å². The Hall–Kier alpha value is -0.380. The Morgan fingerprint density at radius 1 is 1.33 bits per heavy atom. The first-order valence-corrected chi connectivity index (χ1v) is 7.75. The third kappa shape index (κ3) is 3.34. The van der Waals surface area contributed by atoms with Gasteiger partial charge in [-0.1, -0.05) is 54.2 Å². The zero-order valence-corrected chi connectivity index (χ0v) is 12.6. The number of halogens is 1. The van der Waals surface area contributed by atoms with Gasteiger partial charge >= 0.3 is 0 Å². The van der Waals surface area contributed by atoms with E-state index in [0.717, 1.165) is 10.4 Å². The van der Waals surface area contributed by atoms with Crippen LogP contribution in [0.1, 0.15) is 50.6 Å². The molecule has 3 heteroatoms. The van der Waals surface area contributed by atoms with Crippen molar-refractivity contribution in [2.45, 2.75) is 45.1 Å². The number of nitrogens with two attached hydrogens (primary N) is 1. The van der Waals surface area contributed by atoms with Crippen LogP contribution in [0.15, 0.2) is 28.7 Å². The van der Waals surface area contributed by atoms with Gasteiger partial charge in [-0.25, -0.2) is 0 Å². The summed E-state index contributed by atoms with van der Waals surface area (Å²) in [5.74, 6) is 7.39. The molecule has 1 aromatic carbocycles. The quantitative estimate of drug-likeness (QED) is 0.647. The summed E-state index contributed by atoms with van der Waals surface area (Å²) in [4.78, 5) is 0. The second kappa shape index (κ2) is 6.69. The van der Waals surface area contributed by atoms with Crippen LogP contribution in [0.4, 0.5) is 0 Å². The van der Waals surface area contributed by atoms with Crippen molar-refractivity contribution in [3.05, 3.63) is 34.3 Å². The highest BCUT2D eigenvalue weighted by Gasteiger charge is 2.27. The number of nitrogens with one attached hydrogen (secondary N) is 1. The van der Waals surface area contributed by atoms with Gasteiger partial charge in [0.05, 0.1) is 0 Å². The van der Waals surface area contributed by atoms with Gasteiger partial charge in [-0.05, 0) is 42.4 Å². The van der Waals surface area contributed by atoms with Crippen molar-refractivity contribution in [2.24, 2.45) is 17.7 Å². The van der Waals surface area contributed by atoms with Gasteiger partial charge < -0.3 is 0 Å². The summed E-state index contributed by atoms with van der Waals surface area (Å²) in [5, 5.41) is 0. The van der Waals surface area contributed by atoms with Crippen LogP contribution in [-0.2, 0) is 0 Å². The topological polar surface area (TPSA) is 38.0 Å². The maximum atomic E-state index is 5.79. The molecule has 100 valence electrons. The lowest BCUT2D eigenvalue weighted by atomic mass is 9.76. The summed E-state index contributed by atoms with van der Waals surface area (Å²) in [6.07, 6.45) is 6.62. The molecule has 0 heterocycles. The molecule has 0 saturated heterocycles. The second-order valence-corrected chi connectivity index (χ2v) is 6.30. The molecule has 1 saturated carbocycles. The van der Waals surface area contributed by atoms with Gasteiger partial charge in [0.1, 0.15) is 0 Å². The van der Waals surface area contributed by atoms with Crippen LogP contribution in [0.3, 0.4) is 0 Å². The van der Waals surface area contributed by atoms with Crippen LogP contribution in [0, 0.1) is 11.8 Å². The Bertz CT molecular complexity index is 373. The third-order valence-corrected chi connectivity index (χ3v) is 4.82. The highest BCUT2D eigenvalue weighted by Crippen LogP contribution is 2.37. The van der Waals surface area contributed by atoms with Crippen LogP contribution in [0.25, 0.3) is 0 Å². The molecule has 0 amide bonds. The SMILES string of the molecule is CCC1CCC(C(NN)c2cccc(Br)c2)CC1. The molecule has 0 spiro atoms. The van der Waals surface area contributed by atoms with Crippen LogP contribution >= 0.6 is 15.9 Å². The average molecular weight is 311 g/mol. The van der Waals surface area contributed by atoms with Crippen LogP contribution in [-0.4, -0.2) is 0 Å². The van der Waals surface area contributed by atoms with Crippen molar-refractivity contribution in [1.82, 2.24) is 5.43 Å². The maximum absolute atomic E-state index is 5.79. The Labute approximate surface area is 118 Å². The average Bonchev–Trinajstić information content (AvgIpc) is 2.40. The highest BCUT2D eigenvalue weighted by molar-refractivity contribution is 9.10. The molecule has 1 atom stereocenters. The number of hydrogen-bond acceptors (Lipinski definition) is 2. The first kappa shape index (κ1) is 14.0. The predicted octanol–water partition coefficient (Wildman–Crippen LogP) is 4.17. The van der Waals surface area contributed by atoms with Gasteiger partial charge in [0.15, 0.2) is 0 Å². The minimum absolute atomic E-state index is 0.292. The van der Waals surface area contributed by atoms with E-state index in [2.05, 4.69) is 52.5 Å². The minimum Gasteiger partial charge on any atom is -0.271 e. The molecule has 0 radical (unpaired) electrons. The minimum atomic E-state index is 0.292. The fourth-order valence-electron chi connectivity index (χ4n) is 3.13. The highest BCUT2D eigenvalue weighted by atomic mass is 79.9. The van der Waals surface area contributed by atoms with Crippen molar-refractivity contribution in [3.8, 4) is 0 Å². The van der Waals surface area contributed by atoms with Gasteiger partial charge in [-0.3, -0.25) is 11.3 Å². The summed E-state index contributed by atoms with van der Waals surface area (Å²) in [6.45, 7) is 2.30. The van der Waals surface area contributed by atoms with E-state index < -0.39 is 0 Å². The molecule has 18 heavy (non-hydrogen) atoms. The Morgan fingerprint density at radius 2 is 2.06 bits per heavy atom. The third-order valence-electron chi connectivity index (χ3n) is 4.33. The lowest BCUT2D eigenvalue weighted by molar-refractivity contribution is 0.219. The molecule has 0 aliphatic heterocycles. The number of benzene rings is 1. The zero-order chi connectivity index (χ0) is 13.0. The number of hydrazine groups is 1. The normalized spacial score (nSPS) is 25.9. The molecule has 0 bridgehead atoms. The predicted molar refractivity (Wildman–Crippen MR) is 79.9 cm³/mol. The van der Waals surface area contributed by atoms with Crippen molar-refractivity contribution >= 4 is 15.9 Å². The standard InChI is InChI=1S/C15H23BrN2/c1-2-11-6-8-12(9-7-11)15(18-17)13-4-3-5-14(16)10-13/h3-5,10-12,15,18H,2,6-9,17H2,1H3. The molecule has 1 aliphatic rings. The van der Waals surface area contributed by atoms with E-state index >= 15 is 0 Å². The summed E-state index contributed by atoms with van der Waals surface area (Å²) < 4.78 is 1.13. The van der Waals surface area contributed by atoms with Crippen LogP contribution < -0.4 is 11.3 Å². The lowest BCUT2D eigenvalue weighted by Crippen LogP contribution is -2.35. The fourth-order valence-corrected chi connectivity index (χ4v) is 3.55. The largest absolute Gasteiger partial charge is 0.271 e. The molecule has 1 fully saturated rings. The van der Waals surface area contributed by atoms with Crippen LogP contribution in [0.5, 0.6) is 0 Å². The van der Waals surface area contributed by atoms with Crippen molar-refractivity contribution in [2.75, 3.05) is 0 Å². The number of rotatable bonds is 4. The first-order chi connectivity index (χ1) is 8.74. The Balaban J connectivity index is 2.05. The van der Waals surface area contributed by atoms with E-state index in [1.54, 1.807) is 0 Å². The molecule has 2 rings (SSSR count). The van der Waals surface area contributed by atoms with Gasteiger partial charge in [0.25, 0.3) is 0 Å². The molecule has 1 aromatic rings. The summed E-state index contributed by atoms with van der Waals surface area (Å²) >= 11 is 3.54. The summed E-state index contributed by atoms with van der Waals surface area (Å²) in [6, 6.07) is 8.78. The van der Waals surface area contributed by atoms with Gasteiger partial charge in [-0.15, -0.1) is 0 Å². The van der Waals surface area contributed by atoms with E-state index in [-0.39, 0.29) is 0 Å². The molecule has 2 nitrogen and oxygen atoms in total. The monoisotopic (exact) mass is 310 g/mol. The first-order valence-electron chi connectivity index (χ1n) is 6.96. The maximum Gasteiger partial charge on any atom is 0.0488 e. The van der Waals surface area contributed by atoms with E-state index in [0.29, 0.717) is 12.0 Å². The Morgan fingerprint density at radius 3 is 2.61 bits per heavy atom.